The number of benzene rings is 2. The number of hydrogen-bond donors (Lipinski definition) is 2. The number of rotatable bonds is 12. The Bertz CT molecular complexity index is 1050. The zero-order chi connectivity index (χ0) is 24.2. The molecule has 176 valence electrons. The minimum absolute atomic E-state index is 0.168. The van der Waals surface area contributed by atoms with Gasteiger partial charge >= 0.3 is 5.97 Å². The molecule has 0 aliphatic heterocycles. The number of carbonyl (C=O) groups is 2. The van der Waals surface area contributed by atoms with Crippen molar-refractivity contribution < 1.29 is 23.6 Å². The zero-order valence-electron chi connectivity index (χ0n) is 18.1. The topological polar surface area (TPSA) is 92.7 Å². The van der Waals surface area contributed by atoms with E-state index < -0.39 is 22.0 Å². The van der Waals surface area contributed by atoms with E-state index in [0.29, 0.717) is 40.1 Å². The second-order valence-electron chi connectivity index (χ2n) is 7.08. The summed E-state index contributed by atoms with van der Waals surface area (Å²) in [6.45, 7) is 2.36. The highest BCUT2D eigenvalue weighted by Gasteiger charge is 2.25. The quantitative estimate of drug-likeness (QED) is 0.324. The predicted molar refractivity (Wildman–Crippen MR) is 130 cm³/mol. The molecule has 0 aromatic heterocycles. The molecule has 0 bridgehead atoms. The van der Waals surface area contributed by atoms with E-state index in [2.05, 4.69) is 17.2 Å². The van der Waals surface area contributed by atoms with Crippen LogP contribution in [0.5, 0.6) is 5.75 Å². The van der Waals surface area contributed by atoms with Crippen LogP contribution in [-0.4, -0.2) is 39.6 Å². The highest BCUT2D eigenvalue weighted by atomic mass is 35.5. The van der Waals surface area contributed by atoms with Gasteiger partial charge in [-0.15, -0.1) is 5.92 Å². The van der Waals surface area contributed by atoms with Gasteiger partial charge in [-0.1, -0.05) is 35.2 Å². The van der Waals surface area contributed by atoms with Crippen molar-refractivity contribution in [1.82, 2.24) is 5.32 Å². The van der Waals surface area contributed by atoms with Crippen LogP contribution in [0.1, 0.15) is 31.7 Å². The van der Waals surface area contributed by atoms with Crippen LogP contribution in [0, 0.1) is 11.8 Å². The smallest absolute Gasteiger partial charge is 0.319 e. The van der Waals surface area contributed by atoms with Gasteiger partial charge in [0.05, 0.1) is 27.3 Å². The number of halogens is 2. The van der Waals surface area contributed by atoms with Gasteiger partial charge in [0, 0.05) is 11.4 Å². The second kappa shape index (κ2) is 13.9. The summed E-state index contributed by atoms with van der Waals surface area (Å²) in [5, 5.41) is 12.1. The number of amides is 1. The van der Waals surface area contributed by atoms with Crippen molar-refractivity contribution in [2.45, 2.75) is 42.8 Å². The Labute approximate surface area is 206 Å². The summed E-state index contributed by atoms with van der Waals surface area (Å²) in [6, 6.07) is 11.5. The van der Waals surface area contributed by atoms with E-state index in [0.717, 1.165) is 5.56 Å². The molecule has 2 N–H and O–H groups in total. The maximum atomic E-state index is 12.8. The summed E-state index contributed by atoms with van der Waals surface area (Å²) >= 11 is 11.8. The molecule has 0 spiro atoms. The molecule has 0 saturated carbocycles. The molecule has 2 aromatic carbocycles. The third kappa shape index (κ3) is 9.09. The molecule has 0 heterocycles. The number of unbranched alkanes of at least 4 members (excludes halogenated alkanes) is 1. The van der Waals surface area contributed by atoms with Gasteiger partial charge in [0.25, 0.3) is 0 Å². The first kappa shape index (κ1) is 26.7. The average molecular weight is 510 g/mol. The summed E-state index contributed by atoms with van der Waals surface area (Å²) in [6.07, 6.45) is 1.48. The van der Waals surface area contributed by atoms with Gasteiger partial charge in [0.2, 0.25) is 5.91 Å². The van der Waals surface area contributed by atoms with Gasteiger partial charge in [0.1, 0.15) is 17.6 Å². The number of carboxylic acids is 1. The summed E-state index contributed by atoms with van der Waals surface area (Å²) in [5.41, 5.74) is 0.748. The SMILES string of the molecule is CC#CCOc1ccc(S(=O)C(CCCCNC(=O)Cc2ccc(Cl)c(Cl)c2)C(=O)O)cc1. The van der Waals surface area contributed by atoms with E-state index in [9.17, 15) is 18.9 Å². The Hall–Kier alpha value is -2.53. The monoisotopic (exact) mass is 509 g/mol. The van der Waals surface area contributed by atoms with Gasteiger partial charge in [0.15, 0.2) is 0 Å². The Balaban J connectivity index is 1.78. The van der Waals surface area contributed by atoms with Crippen molar-refractivity contribution in [3.05, 3.63) is 58.1 Å². The lowest BCUT2D eigenvalue weighted by Gasteiger charge is -2.13. The first-order valence-electron chi connectivity index (χ1n) is 10.3. The highest BCUT2D eigenvalue weighted by Crippen LogP contribution is 2.23. The van der Waals surface area contributed by atoms with Crippen LogP contribution in [-0.2, 0) is 26.8 Å². The Morgan fingerprint density at radius 2 is 1.85 bits per heavy atom. The summed E-state index contributed by atoms with van der Waals surface area (Å²) < 4.78 is 18.2. The first-order valence-corrected chi connectivity index (χ1v) is 12.2. The van der Waals surface area contributed by atoms with Crippen LogP contribution in [0.3, 0.4) is 0 Å². The molecule has 33 heavy (non-hydrogen) atoms. The molecule has 9 heteroatoms. The molecule has 0 saturated heterocycles. The van der Waals surface area contributed by atoms with Gasteiger partial charge in [-0.2, -0.15) is 0 Å². The lowest BCUT2D eigenvalue weighted by molar-refractivity contribution is -0.136. The fraction of sp³-hybridized carbons (Fsp3) is 0.333. The summed E-state index contributed by atoms with van der Waals surface area (Å²) in [5.74, 6) is 4.79. The Kier molecular flexibility index (Phi) is 11.2. The average Bonchev–Trinajstić information content (AvgIpc) is 2.78. The molecule has 6 nitrogen and oxygen atoms in total. The third-order valence-corrected chi connectivity index (χ3v) is 7.07. The van der Waals surface area contributed by atoms with Crippen molar-refractivity contribution in [2.75, 3.05) is 13.2 Å². The molecule has 2 unspecified atom stereocenters. The van der Waals surface area contributed by atoms with Crippen molar-refractivity contribution >= 4 is 45.9 Å². The minimum Gasteiger partial charge on any atom is -0.481 e. The maximum Gasteiger partial charge on any atom is 0.319 e. The highest BCUT2D eigenvalue weighted by molar-refractivity contribution is 7.86. The van der Waals surface area contributed by atoms with Gasteiger partial charge in [-0.3, -0.25) is 13.8 Å². The molecular weight excluding hydrogens is 485 g/mol. The van der Waals surface area contributed by atoms with E-state index in [1.807, 2.05) is 0 Å². The fourth-order valence-corrected chi connectivity index (χ4v) is 4.55. The molecular formula is C24H25Cl2NO5S. The Morgan fingerprint density at radius 3 is 2.48 bits per heavy atom. The largest absolute Gasteiger partial charge is 0.481 e. The maximum absolute atomic E-state index is 12.8. The van der Waals surface area contributed by atoms with Crippen molar-refractivity contribution in [3.8, 4) is 17.6 Å². The van der Waals surface area contributed by atoms with Crippen molar-refractivity contribution in [1.29, 1.82) is 0 Å². The number of carbonyl (C=O) groups excluding carboxylic acids is 1. The summed E-state index contributed by atoms with van der Waals surface area (Å²) in [7, 11) is -1.71. The third-order valence-electron chi connectivity index (χ3n) is 4.64. The molecule has 0 aliphatic carbocycles. The molecule has 0 aliphatic rings. The Morgan fingerprint density at radius 1 is 1.12 bits per heavy atom. The predicted octanol–water partition coefficient (Wildman–Crippen LogP) is 4.49. The van der Waals surface area contributed by atoms with E-state index in [1.165, 1.54) is 0 Å². The summed E-state index contributed by atoms with van der Waals surface area (Å²) in [4.78, 5) is 24.2. The van der Waals surface area contributed by atoms with E-state index in [-0.39, 0.29) is 25.4 Å². The molecule has 2 atom stereocenters. The van der Waals surface area contributed by atoms with Gasteiger partial charge < -0.3 is 15.2 Å². The van der Waals surface area contributed by atoms with Gasteiger partial charge in [-0.05, 0) is 68.1 Å². The van der Waals surface area contributed by atoms with Crippen LogP contribution < -0.4 is 10.1 Å². The fourth-order valence-electron chi connectivity index (χ4n) is 2.93. The van der Waals surface area contributed by atoms with Crippen LogP contribution in [0.25, 0.3) is 0 Å². The van der Waals surface area contributed by atoms with Crippen LogP contribution >= 0.6 is 23.2 Å². The molecule has 1 amide bonds. The van der Waals surface area contributed by atoms with E-state index in [4.69, 9.17) is 27.9 Å². The zero-order valence-corrected chi connectivity index (χ0v) is 20.4. The number of nitrogens with one attached hydrogen (secondary N) is 1. The number of carboxylic acid groups (broad SMARTS) is 1. The molecule has 2 aromatic rings. The van der Waals surface area contributed by atoms with Crippen molar-refractivity contribution in [3.63, 3.8) is 0 Å². The van der Waals surface area contributed by atoms with Crippen LogP contribution in [0.4, 0.5) is 0 Å². The molecule has 2 rings (SSSR count). The number of hydrogen-bond acceptors (Lipinski definition) is 4. The minimum atomic E-state index is -1.71. The number of aliphatic carboxylic acids is 1. The number of ether oxygens (including phenoxy) is 1. The lowest BCUT2D eigenvalue weighted by Crippen LogP contribution is -2.28. The van der Waals surface area contributed by atoms with E-state index >= 15 is 0 Å². The standard InChI is InChI=1S/C24H25Cl2NO5S/c1-2-3-14-32-18-8-10-19(11-9-18)33(31)22(24(29)30)6-4-5-13-27-23(28)16-17-7-12-20(25)21(26)15-17/h7-12,15,22H,4-6,13-14,16H2,1H3,(H,27,28)(H,29,30). The first-order chi connectivity index (χ1) is 15.8. The lowest BCUT2D eigenvalue weighted by atomic mass is 10.1. The van der Waals surface area contributed by atoms with E-state index in [1.54, 1.807) is 49.4 Å². The molecule has 0 fully saturated rings. The van der Waals surface area contributed by atoms with Crippen molar-refractivity contribution in [2.24, 2.45) is 0 Å². The molecule has 0 radical (unpaired) electrons. The van der Waals surface area contributed by atoms with Crippen LogP contribution in [0.2, 0.25) is 10.0 Å². The van der Waals surface area contributed by atoms with Gasteiger partial charge in [-0.25, -0.2) is 0 Å². The normalized spacial score (nSPS) is 12.2. The van der Waals surface area contributed by atoms with Crippen LogP contribution in [0.15, 0.2) is 47.4 Å². The second-order valence-corrected chi connectivity index (χ2v) is 9.53.